The zero-order valence-electron chi connectivity index (χ0n) is 15.2. The minimum atomic E-state index is -4.63. The number of rotatable bonds is 6. The number of aromatic amines is 1. The van der Waals surface area contributed by atoms with E-state index in [0.29, 0.717) is 11.0 Å². The lowest BCUT2D eigenvalue weighted by atomic mass is 10.1. The summed E-state index contributed by atoms with van der Waals surface area (Å²) in [5, 5.41) is 9.34. The minimum absolute atomic E-state index is 0.0649. The number of carbonyl (C=O) groups excluding carboxylic acids is 1. The van der Waals surface area contributed by atoms with Crippen molar-refractivity contribution in [3.8, 4) is 11.4 Å². The Bertz CT molecular complexity index is 1010. The number of nitrogens with zero attached hydrogens (tertiary/aromatic N) is 2. The van der Waals surface area contributed by atoms with Crippen LogP contribution in [-0.2, 0) is 17.4 Å². The quantitative estimate of drug-likeness (QED) is 0.501. The summed E-state index contributed by atoms with van der Waals surface area (Å²) in [7, 11) is 0. The highest BCUT2D eigenvalue weighted by Gasteiger charge is 2.34. The van der Waals surface area contributed by atoms with Gasteiger partial charge < -0.3 is 5.32 Å². The van der Waals surface area contributed by atoms with Gasteiger partial charge in [0.1, 0.15) is 0 Å². The molecule has 0 bridgehead atoms. The molecule has 2 aromatic carbocycles. The number of benzene rings is 2. The molecule has 29 heavy (non-hydrogen) atoms. The predicted molar refractivity (Wildman–Crippen MR) is 107 cm³/mol. The minimum Gasteiger partial charge on any atom is -0.325 e. The zero-order chi connectivity index (χ0) is 21.0. The molecule has 0 aliphatic rings. The molecule has 1 amide bonds. The fourth-order valence-corrected chi connectivity index (χ4v) is 3.29. The Morgan fingerprint density at radius 2 is 1.93 bits per heavy atom. The molecule has 0 spiro atoms. The normalized spacial score (nSPS) is 11.5. The van der Waals surface area contributed by atoms with Gasteiger partial charge in [-0.05, 0) is 30.2 Å². The van der Waals surface area contributed by atoms with Crippen molar-refractivity contribution in [3.63, 3.8) is 0 Å². The third-order valence-corrected chi connectivity index (χ3v) is 5.08. The lowest BCUT2D eigenvalue weighted by Crippen LogP contribution is -2.18. The Kier molecular flexibility index (Phi) is 6.49. The summed E-state index contributed by atoms with van der Waals surface area (Å²) >= 11 is 6.65. The number of alkyl halides is 3. The van der Waals surface area contributed by atoms with Gasteiger partial charge in [0.25, 0.3) is 0 Å². The number of amides is 1. The van der Waals surface area contributed by atoms with E-state index in [2.05, 4.69) is 27.4 Å². The summed E-state index contributed by atoms with van der Waals surface area (Å²) in [5.74, 6) is -0.208. The maximum atomic E-state index is 13.1. The van der Waals surface area contributed by atoms with Crippen LogP contribution >= 0.6 is 23.4 Å². The molecule has 0 saturated heterocycles. The summed E-state index contributed by atoms with van der Waals surface area (Å²) in [5.41, 5.74) is 0.695. The maximum Gasteiger partial charge on any atom is 0.418 e. The largest absolute Gasteiger partial charge is 0.418 e. The molecule has 3 aromatic rings. The van der Waals surface area contributed by atoms with Gasteiger partial charge in [-0.1, -0.05) is 54.6 Å². The topological polar surface area (TPSA) is 70.7 Å². The molecule has 0 aliphatic heterocycles. The van der Waals surface area contributed by atoms with Crippen LogP contribution in [0.2, 0.25) is 5.02 Å². The maximum absolute atomic E-state index is 13.1. The molecule has 0 saturated carbocycles. The predicted octanol–water partition coefficient (Wildman–Crippen LogP) is 5.44. The molecule has 10 heteroatoms. The number of thioether (sulfide) groups is 1. The Labute approximate surface area is 174 Å². The SMILES string of the molecule is CCc1ccc(-c2nc(SCC(=O)Nc3ccc(Cl)cc3C(F)(F)F)n[nH]2)cc1. The van der Waals surface area contributed by atoms with Gasteiger partial charge >= 0.3 is 6.18 Å². The Morgan fingerprint density at radius 3 is 2.59 bits per heavy atom. The van der Waals surface area contributed by atoms with Crippen LogP contribution in [0.25, 0.3) is 11.4 Å². The highest BCUT2D eigenvalue weighted by Crippen LogP contribution is 2.36. The number of aromatic nitrogens is 3. The lowest BCUT2D eigenvalue weighted by molar-refractivity contribution is -0.137. The second kappa shape index (κ2) is 8.87. The van der Waals surface area contributed by atoms with Crippen LogP contribution in [0, 0.1) is 0 Å². The van der Waals surface area contributed by atoms with Crippen LogP contribution < -0.4 is 5.32 Å². The van der Waals surface area contributed by atoms with Crippen LogP contribution in [0.4, 0.5) is 18.9 Å². The van der Waals surface area contributed by atoms with Crippen molar-refractivity contribution in [2.24, 2.45) is 0 Å². The fraction of sp³-hybridized carbons (Fsp3) is 0.211. The molecule has 0 unspecified atom stereocenters. The second-order valence-corrected chi connectivity index (χ2v) is 7.42. The van der Waals surface area contributed by atoms with Crippen molar-refractivity contribution < 1.29 is 18.0 Å². The number of halogens is 4. The highest BCUT2D eigenvalue weighted by molar-refractivity contribution is 7.99. The number of hydrogen-bond donors (Lipinski definition) is 2. The molecule has 1 aromatic heterocycles. The third kappa shape index (κ3) is 5.51. The van der Waals surface area contributed by atoms with E-state index in [9.17, 15) is 18.0 Å². The molecule has 0 aliphatic carbocycles. The second-order valence-electron chi connectivity index (χ2n) is 6.04. The van der Waals surface area contributed by atoms with Gasteiger partial charge in [-0.25, -0.2) is 4.98 Å². The summed E-state index contributed by atoms with van der Waals surface area (Å²) < 4.78 is 39.3. The van der Waals surface area contributed by atoms with E-state index in [1.54, 1.807) is 0 Å². The van der Waals surface area contributed by atoms with E-state index >= 15 is 0 Å². The lowest BCUT2D eigenvalue weighted by Gasteiger charge is -2.13. The first-order valence-corrected chi connectivity index (χ1v) is 9.93. The van der Waals surface area contributed by atoms with Gasteiger partial charge in [-0.2, -0.15) is 13.2 Å². The van der Waals surface area contributed by atoms with Crippen molar-refractivity contribution in [2.75, 3.05) is 11.1 Å². The monoisotopic (exact) mass is 440 g/mol. The van der Waals surface area contributed by atoms with E-state index in [1.807, 2.05) is 24.3 Å². The molecule has 0 fully saturated rings. The smallest absolute Gasteiger partial charge is 0.325 e. The van der Waals surface area contributed by atoms with Crippen LogP contribution in [0.1, 0.15) is 18.1 Å². The zero-order valence-corrected chi connectivity index (χ0v) is 16.8. The summed E-state index contributed by atoms with van der Waals surface area (Å²) in [4.78, 5) is 16.4. The van der Waals surface area contributed by atoms with Crippen LogP contribution in [0.3, 0.4) is 0 Å². The number of H-pyrrole nitrogens is 1. The number of carbonyl (C=O) groups is 1. The van der Waals surface area contributed by atoms with E-state index < -0.39 is 17.6 Å². The van der Waals surface area contributed by atoms with Crippen molar-refractivity contribution in [1.82, 2.24) is 15.2 Å². The van der Waals surface area contributed by atoms with Crippen molar-refractivity contribution >= 4 is 35.0 Å². The van der Waals surface area contributed by atoms with Gasteiger partial charge in [-0.15, -0.1) is 5.10 Å². The average Bonchev–Trinajstić information content (AvgIpc) is 3.16. The summed E-state index contributed by atoms with van der Waals surface area (Å²) in [6.07, 6.45) is -3.71. The number of nitrogens with one attached hydrogen (secondary N) is 2. The van der Waals surface area contributed by atoms with E-state index in [1.165, 1.54) is 11.6 Å². The molecule has 5 nitrogen and oxygen atoms in total. The van der Waals surface area contributed by atoms with E-state index in [4.69, 9.17) is 11.6 Å². The first-order valence-electron chi connectivity index (χ1n) is 8.57. The van der Waals surface area contributed by atoms with Crippen LogP contribution in [0.5, 0.6) is 0 Å². The number of anilines is 1. The molecule has 0 atom stereocenters. The Morgan fingerprint density at radius 1 is 1.21 bits per heavy atom. The van der Waals surface area contributed by atoms with Crippen molar-refractivity contribution in [1.29, 1.82) is 0 Å². The standard InChI is InChI=1S/C19H16ClF3N4OS/c1-2-11-3-5-12(6-4-11)17-25-18(27-26-17)29-10-16(28)24-15-8-7-13(20)9-14(15)19(21,22)23/h3-9H,2,10H2,1H3,(H,24,28)(H,25,26,27). The summed E-state index contributed by atoms with van der Waals surface area (Å²) in [6, 6.07) is 11.0. The van der Waals surface area contributed by atoms with Gasteiger partial charge in [0.15, 0.2) is 5.82 Å². The molecular formula is C19H16ClF3N4OS. The van der Waals surface area contributed by atoms with Crippen LogP contribution in [-0.4, -0.2) is 26.8 Å². The van der Waals surface area contributed by atoms with Gasteiger partial charge in [-0.3, -0.25) is 9.89 Å². The van der Waals surface area contributed by atoms with Crippen molar-refractivity contribution in [2.45, 2.75) is 24.7 Å². The molecule has 2 N–H and O–H groups in total. The first kappa shape index (κ1) is 21.2. The molecule has 3 rings (SSSR count). The first-order chi connectivity index (χ1) is 13.8. The molecule has 1 heterocycles. The Hall–Kier alpha value is -2.52. The van der Waals surface area contributed by atoms with Crippen LogP contribution in [0.15, 0.2) is 47.6 Å². The number of hydrogen-bond acceptors (Lipinski definition) is 4. The molecule has 0 radical (unpaired) electrons. The van der Waals surface area contributed by atoms with Gasteiger partial charge in [0.2, 0.25) is 11.1 Å². The highest BCUT2D eigenvalue weighted by atomic mass is 35.5. The Balaban J connectivity index is 1.63. The third-order valence-electron chi connectivity index (χ3n) is 3.99. The summed E-state index contributed by atoms with van der Waals surface area (Å²) in [6.45, 7) is 2.06. The van der Waals surface area contributed by atoms with Gasteiger partial charge in [0, 0.05) is 10.6 Å². The van der Waals surface area contributed by atoms with E-state index in [0.717, 1.165) is 35.9 Å². The number of aryl methyl sites for hydroxylation is 1. The van der Waals surface area contributed by atoms with Crippen molar-refractivity contribution in [3.05, 3.63) is 58.6 Å². The molecule has 152 valence electrons. The average molecular weight is 441 g/mol. The fourth-order valence-electron chi connectivity index (χ4n) is 2.51. The van der Waals surface area contributed by atoms with Gasteiger partial charge in [0.05, 0.1) is 17.0 Å². The van der Waals surface area contributed by atoms with E-state index in [-0.39, 0.29) is 16.5 Å². The molecular weight excluding hydrogens is 425 g/mol.